The van der Waals surface area contributed by atoms with Crippen LogP contribution in [0.2, 0.25) is 0 Å². The summed E-state index contributed by atoms with van der Waals surface area (Å²) in [6.07, 6.45) is 18.3. The van der Waals surface area contributed by atoms with E-state index < -0.39 is 0 Å². The molecule has 1 aromatic heterocycles. The van der Waals surface area contributed by atoms with Crippen LogP contribution in [0.25, 0.3) is 44.1 Å². The average Bonchev–Trinajstić information content (AvgIpc) is 3.53. The molecule has 3 heteroatoms. The van der Waals surface area contributed by atoms with Crippen LogP contribution in [0.4, 0.5) is 11.4 Å². The molecule has 4 aliphatic rings. The van der Waals surface area contributed by atoms with Gasteiger partial charge in [-0.2, -0.15) is 0 Å². The number of aromatic nitrogens is 1. The van der Waals surface area contributed by atoms with E-state index in [2.05, 4.69) is 155 Å². The molecule has 2 atom stereocenters. The van der Waals surface area contributed by atoms with E-state index in [4.69, 9.17) is 0 Å². The summed E-state index contributed by atoms with van der Waals surface area (Å²) in [5.74, 6) is 0. The monoisotopic (exact) mass is 633 g/mol. The Labute approximate surface area is 288 Å². The molecule has 49 heavy (non-hydrogen) atoms. The lowest BCUT2D eigenvalue weighted by Crippen LogP contribution is -2.38. The van der Waals surface area contributed by atoms with Gasteiger partial charge in [0, 0.05) is 27.9 Å². The molecular weight excluding hydrogens is 595 g/mol. The molecule has 0 amide bonds. The Morgan fingerprint density at radius 2 is 1.49 bits per heavy atom. The molecule has 2 heterocycles. The molecule has 0 radical (unpaired) electrons. The number of rotatable bonds is 4. The second-order valence-electron chi connectivity index (χ2n) is 13.9. The minimum absolute atomic E-state index is 0.116. The lowest BCUT2D eigenvalue weighted by Gasteiger charge is -2.39. The summed E-state index contributed by atoms with van der Waals surface area (Å²) >= 11 is 0. The maximum Gasteiger partial charge on any atom is 0.0758 e. The van der Waals surface area contributed by atoms with Crippen molar-refractivity contribution in [1.29, 1.82) is 0 Å². The lowest BCUT2D eigenvalue weighted by atomic mass is 9.86. The number of hydrogen-bond acceptors (Lipinski definition) is 2. The van der Waals surface area contributed by atoms with Gasteiger partial charge < -0.3 is 15.2 Å². The molecule has 5 aromatic carbocycles. The highest BCUT2D eigenvalue weighted by Crippen LogP contribution is 2.48. The standard InChI is InChI=1S/C46H39N3/c1-3-15-32(16-4-1)44-45(33-17-5-2-6-18-33)48-46-38(23-12-24-39(46)47-44)34-19-11-20-35(29-34)49-40-27-25-30-13-7-9-21-36(30)42(40)43-37-22-10-8-14-31(37)26-28-41(43)49/h2-3,5-10,12-19,21-25,27,29,44-45,47-48H,1,4,11,20,26,28H2. The van der Waals surface area contributed by atoms with Gasteiger partial charge in [0.15, 0.2) is 0 Å². The van der Waals surface area contributed by atoms with Crippen LogP contribution < -0.4 is 10.6 Å². The van der Waals surface area contributed by atoms with E-state index in [1.807, 2.05) is 0 Å². The normalized spacial score (nSPS) is 19.6. The van der Waals surface area contributed by atoms with Crippen LogP contribution in [0.1, 0.15) is 54.1 Å². The van der Waals surface area contributed by atoms with Crippen molar-refractivity contribution in [2.45, 2.75) is 50.6 Å². The topological polar surface area (TPSA) is 29.0 Å². The molecular formula is C46H39N3. The third-order valence-corrected chi connectivity index (χ3v) is 11.1. The predicted octanol–water partition coefficient (Wildman–Crippen LogP) is 11.5. The summed E-state index contributed by atoms with van der Waals surface area (Å²) in [7, 11) is 0. The van der Waals surface area contributed by atoms with Crippen LogP contribution in [0.3, 0.4) is 0 Å². The number of allylic oxidation sites excluding steroid dienone is 6. The van der Waals surface area contributed by atoms with Gasteiger partial charge in [0.25, 0.3) is 0 Å². The third kappa shape index (κ3) is 4.63. The Hall–Kier alpha value is -5.54. The Kier molecular flexibility index (Phi) is 6.72. The first-order valence-corrected chi connectivity index (χ1v) is 17.9. The SMILES string of the molecule is C1=CC(C2Nc3cccc(C4=CCCC(n5c6c(c7c8ccccc8ccc75)-c5ccccc5CC6)=C4)c3NC2c2ccccc2)=CCC1. The third-order valence-electron chi connectivity index (χ3n) is 11.1. The molecule has 0 saturated heterocycles. The second-order valence-corrected chi connectivity index (χ2v) is 13.9. The van der Waals surface area contributed by atoms with Crippen molar-refractivity contribution in [2.24, 2.45) is 0 Å². The lowest BCUT2D eigenvalue weighted by molar-refractivity contribution is 0.674. The fourth-order valence-corrected chi connectivity index (χ4v) is 8.89. The molecule has 10 rings (SSSR count). The van der Waals surface area contributed by atoms with Gasteiger partial charge in [-0.1, -0.05) is 121 Å². The predicted molar refractivity (Wildman–Crippen MR) is 207 cm³/mol. The van der Waals surface area contributed by atoms with Crippen molar-refractivity contribution < 1.29 is 0 Å². The smallest absolute Gasteiger partial charge is 0.0758 e. The van der Waals surface area contributed by atoms with Crippen LogP contribution in [0, 0.1) is 0 Å². The number of benzene rings is 5. The maximum absolute atomic E-state index is 4.07. The fourth-order valence-electron chi connectivity index (χ4n) is 8.89. The molecule has 0 fully saturated rings. The fraction of sp³-hybridized carbons (Fsp3) is 0.174. The van der Waals surface area contributed by atoms with Gasteiger partial charge >= 0.3 is 0 Å². The maximum atomic E-state index is 4.07. The van der Waals surface area contributed by atoms with E-state index in [0.717, 1.165) is 38.5 Å². The number of para-hydroxylation sites is 1. The summed E-state index contributed by atoms with van der Waals surface area (Å²) in [5.41, 5.74) is 16.0. The van der Waals surface area contributed by atoms with E-state index in [1.54, 1.807) is 0 Å². The Bertz CT molecular complexity index is 2400. The van der Waals surface area contributed by atoms with Gasteiger partial charge in [-0.15, -0.1) is 0 Å². The molecule has 2 N–H and O–H groups in total. The van der Waals surface area contributed by atoms with E-state index >= 15 is 0 Å². The number of aryl methyl sites for hydroxylation is 1. The summed E-state index contributed by atoms with van der Waals surface area (Å²) in [5, 5.41) is 12.1. The highest BCUT2D eigenvalue weighted by atomic mass is 15.1. The van der Waals surface area contributed by atoms with Gasteiger partial charge in [0.2, 0.25) is 0 Å². The van der Waals surface area contributed by atoms with Crippen molar-refractivity contribution in [2.75, 3.05) is 10.6 Å². The first-order valence-electron chi connectivity index (χ1n) is 17.9. The van der Waals surface area contributed by atoms with Crippen molar-refractivity contribution >= 4 is 44.3 Å². The van der Waals surface area contributed by atoms with Gasteiger partial charge in [0.1, 0.15) is 0 Å². The highest BCUT2D eigenvalue weighted by molar-refractivity contribution is 6.16. The summed E-state index contributed by atoms with van der Waals surface area (Å²) in [4.78, 5) is 0. The first kappa shape index (κ1) is 28.5. The largest absolute Gasteiger partial charge is 0.374 e. The average molecular weight is 634 g/mol. The minimum atomic E-state index is 0.116. The first-order chi connectivity index (χ1) is 24.3. The van der Waals surface area contributed by atoms with Gasteiger partial charge in [-0.05, 0) is 95.3 Å². The van der Waals surface area contributed by atoms with Crippen molar-refractivity contribution in [3.63, 3.8) is 0 Å². The van der Waals surface area contributed by atoms with E-state index in [0.29, 0.717) is 0 Å². The number of nitrogens with one attached hydrogen (secondary N) is 2. The molecule has 0 spiro atoms. The Balaban J connectivity index is 1.12. The van der Waals surface area contributed by atoms with Crippen LogP contribution in [-0.4, -0.2) is 10.6 Å². The van der Waals surface area contributed by atoms with Crippen molar-refractivity contribution in [1.82, 2.24) is 4.57 Å². The number of hydrogen-bond donors (Lipinski definition) is 2. The van der Waals surface area contributed by atoms with Crippen molar-refractivity contribution in [3.05, 3.63) is 168 Å². The van der Waals surface area contributed by atoms with Crippen LogP contribution in [0.5, 0.6) is 0 Å². The van der Waals surface area contributed by atoms with E-state index in [9.17, 15) is 0 Å². The number of fused-ring (bicyclic) bond motifs is 8. The molecule has 3 nitrogen and oxygen atoms in total. The van der Waals surface area contributed by atoms with Gasteiger partial charge in [-0.3, -0.25) is 0 Å². The zero-order valence-electron chi connectivity index (χ0n) is 27.6. The van der Waals surface area contributed by atoms with Crippen LogP contribution in [0.15, 0.2) is 145 Å². The quantitative estimate of drug-likeness (QED) is 0.202. The Morgan fingerprint density at radius 3 is 2.41 bits per heavy atom. The Morgan fingerprint density at radius 1 is 0.633 bits per heavy atom. The van der Waals surface area contributed by atoms with Gasteiger partial charge in [-0.25, -0.2) is 0 Å². The minimum Gasteiger partial charge on any atom is -0.374 e. The second kappa shape index (κ2) is 11.6. The zero-order chi connectivity index (χ0) is 32.3. The zero-order valence-corrected chi connectivity index (χ0v) is 27.6. The molecule has 1 aliphatic heterocycles. The molecule has 238 valence electrons. The summed E-state index contributed by atoms with van der Waals surface area (Å²) in [6.45, 7) is 0. The molecule has 0 bridgehead atoms. The molecule has 2 unspecified atom stereocenters. The summed E-state index contributed by atoms with van der Waals surface area (Å²) < 4.78 is 2.63. The van der Waals surface area contributed by atoms with Crippen LogP contribution >= 0.6 is 0 Å². The van der Waals surface area contributed by atoms with E-state index in [-0.39, 0.29) is 12.1 Å². The van der Waals surface area contributed by atoms with Crippen molar-refractivity contribution in [3.8, 4) is 11.1 Å². The molecule has 6 aromatic rings. The molecule has 0 saturated carbocycles. The number of nitrogens with zero attached hydrogens (tertiary/aromatic N) is 1. The summed E-state index contributed by atoms with van der Waals surface area (Å²) in [6, 6.07) is 40.6. The van der Waals surface area contributed by atoms with E-state index in [1.165, 1.54) is 83.4 Å². The highest BCUT2D eigenvalue weighted by Gasteiger charge is 2.33. The number of anilines is 2. The molecule has 3 aliphatic carbocycles. The van der Waals surface area contributed by atoms with Gasteiger partial charge in [0.05, 0.1) is 29.0 Å². The van der Waals surface area contributed by atoms with Crippen LogP contribution in [-0.2, 0) is 12.8 Å².